The fraction of sp³-hybridized carbons (Fsp3) is 0.778. The zero-order chi connectivity index (χ0) is 10.8. The smallest absolute Gasteiger partial charge is 0.159 e. The average molecular weight is 218 g/mol. The summed E-state index contributed by atoms with van der Waals surface area (Å²) in [6, 6.07) is 0. The number of hydrogen-bond acceptors (Lipinski definition) is 3. The molecule has 0 bridgehead atoms. The van der Waals surface area contributed by atoms with Crippen molar-refractivity contribution >= 4 is 11.6 Å². The van der Waals surface area contributed by atoms with Gasteiger partial charge in [-0.1, -0.05) is 0 Å². The second kappa shape index (κ2) is 4.28. The van der Waals surface area contributed by atoms with E-state index in [1.807, 2.05) is 4.57 Å². The third-order valence-corrected chi connectivity index (χ3v) is 2.10. The molecule has 0 N–H and O–H groups in total. The molecule has 0 unspecified atom stereocenters. The first-order valence-corrected chi connectivity index (χ1v) is 5.02. The molecule has 1 aromatic rings. The normalized spacial score (nSPS) is 12.1. The van der Waals surface area contributed by atoms with Crippen molar-refractivity contribution in [3.63, 3.8) is 0 Å². The summed E-state index contributed by atoms with van der Waals surface area (Å²) in [5.41, 5.74) is -0.0679. The molecule has 0 aliphatic carbocycles. The molecular formula is C9H16ClN3O. The lowest BCUT2D eigenvalue weighted by atomic mass is 10.1. The quantitative estimate of drug-likeness (QED) is 0.727. The van der Waals surface area contributed by atoms with E-state index in [9.17, 15) is 0 Å². The lowest BCUT2D eigenvalue weighted by Crippen LogP contribution is -2.26. The number of hydrogen-bond donors (Lipinski definition) is 0. The molecule has 0 radical (unpaired) electrons. The van der Waals surface area contributed by atoms with E-state index in [2.05, 4.69) is 31.0 Å². The number of methoxy groups -OCH3 is 1. The topological polar surface area (TPSA) is 39.9 Å². The average Bonchev–Trinajstić information content (AvgIpc) is 2.47. The fourth-order valence-corrected chi connectivity index (χ4v) is 1.61. The van der Waals surface area contributed by atoms with Crippen LogP contribution in [0.1, 0.15) is 32.4 Å². The molecule has 14 heavy (non-hydrogen) atoms. The molecule has 0 fully saturated rings. The van der Waals surface area contributed by atoms with Gasteiger partial charge in [-0.2, -0.15) is 0 Å². The molecule has 0 amide bonds. The Morgan fingerprint density at radius 2 is 1.86 bits per heavy atom. The maximum Gasteiger partial charge on any atom is 0.159 e. The summed E-state index contributed by atoms with van der Waals surface area (Å²) in [6.45, 7) is 6.73. The zero-order valence-electron chi connectivity index (χ0n) is 9.04. The summed E-state index contributed by atoms with van der Waals surface area (Å²) in [5, 5.41) is 8.07. The molecule has 1 heterocycles. The minimum absolute atomic E-state index is 0.0679. The fourth-order valence-electron chi connectivity index (χ4n) is 1.44. The van der Waals surface area contributed by atoms with Gasteiger partial charge in [-0.05, 0) is 20.8 Å². The third kappa shape index (κ3) is 2.25. The van der Waals surface area contributed by atoms with E-state index in [-0.39, 0.29) is 5.54 Å². The Morgan fingerprint density at radius 1 is 1.29 bits per heavy atom. The minimum atomic E-state index is -0.0679. The molecule has 0 aromatic carbocycles. The van der Waals surface area contributed by atoms with E-state index in [4.69, 9.17) is 16.3 Å². The molecule has 0 atom stereocenters. The van der Waals surface area contributed by atoms with Crippen LogP contribution >= 0.6 is 11.6 Å². The second-order valence-electron chi connectivity index (χ2n) is 4.11. The summed E-state index contributed by atoms with van der Waals surface area (Å²) in [6.07, 6.45) is 0. The van der Waals surface area contributed by atoms with E-state index in [1.54, 1.807) is 7.11 Å². The summed E-state index contributed by atoms with van der Waals surface area (Å²) >= 11 is 5.79. The summed E-state index contributed by atoms with van der Waals surface area (Å²) in [7, 11) is 1.64. The first-order chi connectivity index (χ1) is 6.50. The molecule has 0 spiro atoms. The van der Waals surface area contributed by atoms with Crippen molar-refractivity contribution in [1.29, 1.82) is 0 Å². The van der Waals surface area contributed by atoms with Gasteiger partial charge in [0.15, 0.2) is 5.82 Å². The van der Waals surface area contributed by atoms with Crippen LogP contribution in [0, 0.1) is 0 Å². The molecule has 1 rings (SSSR count). The predicted octanol–water partition coefficient (Wildman–Crippen LogP) is 1.92. The first-order valence-electron chi connectivity index (χ1n) is 4.49. The number of rotatable bonds is 3. The van der Waals surface area contributed by atoms with Gasteiger partial charge in [-0.25, -0.2) is 0 Å². The second-order valence-corrected chi connectivity index (χ2v) is 4.37. The standard InChI is InChI=1S/C9H16ClN3O/c1-9(2,3)13-7(5-10)11-12-8(13)6-14-4/h5-6H2,1-4H3. The van der Waals surface area contributed by atoms with Crippen LogP contribution in [-0.2, 0) is 22.8 Å². The largest absolute Gasteiger partial charge is 0.377 e. The number of halogens is 1. The van der Waals surface area contributed by atoms with Crippen LogP contribution in [0.5, 0.6) is 0 Å². The van der Waals surface area contributed by atoms with Gasteiger partial charge < -0.3 is 9.30 Å². The minimum Gasteiger partial charge on any atom is -0.377 e. The molecule has 0 saturated carbocycles. The zero-order valence-corrected chi connectivity index (χ0v) is 9.80. The maximum absolute atomic E-state index is 5.79. The highest BCUT2D eigenvalue weighted by Crippen LogP contribution is 2.19. The molecule has 80 valence electrons. The Bertz CT molecular complexity index is 303. The van der Waals surface area contributed by atoms with Crippen molar-refractivity contribution in [2.75, 3.05) is 7.11 Å². The van der Waals surface area contributed by atoms with Gasteiger partial charge in [0, 0.05) is 12.6 Å². The van der Waals surface area contributed by atoms with E-state index in [1.165, 1.54) is 0 Å². The summed E-state index contributed by atoms with van der Waals surface area (Å²) in [4.78, 5) is 0. The monoisotopic (exact) mass is 217 g/mol. The Hall–Kier alpha value is -0.610. The van der Waals surface area contributed by atoms with Crippen molar-refractivity contribution in [3.8, 4) is 0 Å². The number of alkyl halides is 1. The molecule has 4 nitrogen and oxygen atoms in total. The van der Waals surface area contributed by atoms with Crippen LogP contribution in [0.25, 0.3) is 0 Å². The highest BCUT2D eigenvalue weighted by molar-refractivity contribution is 6.16. The van der Waals surface area contributed by atoms with Gasteiger partial charge >= 0.3 is 0 Å². The van der Waals surface area contributed by atoms with E-state index in [0.717, 1.165) is 11.6 Å². The first kappa shape index (κ1) is 11.5. The third-order valence-electron chi connectivity index (χ3n) is 1.86. The van der Waals surface area contributed by atoms with Gasteiger partial charge in [0.05, 0.1) is 5.88 Å². The molecule has 0 aliphatic rings. The summed E-state index contributed by atoms with van der Waals surface area (Å²) in [5.74, 6) is 1.97. The van der Waals surface area contributed by atoms with Crippen molar-refractivity contribution in [2.45, 2.75) is 38.8 Å². The Labute approximate surface area is 89.2 Å². The maximum atomic E-state index is 5.79. The number of ether oxygens (including phenoxy) is 1. The van der Waals surface area contributed by atoms with E-state index in [0.29, 0.717) is 12.5 Å². The van der Waals surface area contributed by atoms with Gasteiger partial charge in [-0.15, -0.1) is 21.8 Å². The highest BCUT2D eigenvalue weighted by atomic mass is 35.5. The Balaban J connectivity index is 3.13. The van der Waals surface area contributed by atoms with E-state index < -0.39 is 0 Å². The number of aromatic nitrogens is 3. The highest BCUT2D eigenvalue weighted by Gasteiger charge is 2.21. The van der Waals surface area contributed by atoms with E-state index >= 15 is 0 Å². The Kier molecular flexibility index (Phi) is 3.50. The molecular weight excluding hydrogens is 202 g/mol. The van der Waals surface area contributed by atoms with Gasteiger partial charge in [0.1, 0.15) is 12.4 Å². The van der Waals surface area contributed by atoms with Crippen LogP contribution in [-0.4, -0.2) is 21.9 Å². The predicted molar refractivity (Wildman–Crippen MR) is 55.3 cm³/mol. The van der Waals surface area contributed by atoms with Gasteiger partial charge in [0.25, 0.3) is 0 Å². The molecule has 0 saturated heterocycles. The Morgan fingerprint density at radius 3 is 2.29 bits per heavy atom. The SMILES string of the molecule is COCc1nnc(CCl)n1C(C)(C)C. The van der Waals surface area contributed by atoms with Crippen LogP contribution in [0.15, 0.2) is 0 Å². The van der Waals surface area contributed by atoms with Gasteiger partial charge in [0.2, 0.25) is 0 Å². The van der Waals surface area contributed by atoms with Crippen LogP contribution in [0.2, 0.25) is 0 Å². The molecule has 5 heteroatoms. The van der Waals surface area contributed by atoms with Crippen molar-refractivity contribution in [1.82, 2.24) is 14.8 Å². The van der Waals surface area contributed by atoms with Crippen molar-refractivity contribution < 1.29 is 4.74 Å². The van der Waals surface area contributed by atoms with Gasteiger partial charge in [-0.3, -0.25) is 0 Å². The lowest BCUT2D eigenvalue weighted by Gasteiger charge is -2.24. The summed E-state index contributed by atoms with van der Waals surface area (Å²) < 4.78 is 7.07. The van der Waals surface area contributed by atoms with Crippen LogP contribution in [0.3, 0.4) is 0 Å². The molecule has 1 aromatic heterocycles. The van der Waals surface area contributed by atoms with Crippen LogP contribution < -0.4 is 0 Å². The molecule has 0 aliphatic heterocycles. The lowest BCUT2D eigenvalue weighted by molar-refractivity contribution is 0.167. The number of nitrogens with zero attached hydrogens (tertiary/aromatic N) is 3. The van der Waals surface area contributed by atoms with Crippen molar-refractivity contribution in [3.05, 3.63) is 11.6 Å². The van der Waals surface area contributed by atoms with Crippen LogP contribution in [0.4, 0.5) is 0 Å². The van der Waals surface area contributed by atoms with Crippen molar-refractivity contribution in [2.24, 2.45) is 0 Å².